The number of rotatable bonds is 9. The van der Waals surface area contributed by atoms with Crippen molar-refractivity contribution in [2.75, 3.05) is 13.2 Å². The average Bonchev–Trinajstić information content (AvgIpc) is 3.30. The molecule has 3 heterocycles. The molecule has 35 heavy (non-hydrogen) atoms. The second-order valence-electron chi connectivity index (χ2n) is 11.8. The first-order chi connectivity index (χ1) is 16.6. The van der Waals surface area contributed by atoms with Gasteiger partial charge in [0.15, 0.2) is 10.9 Å². The Morgan fingerprint density at radius 2 is 2.11 bits per heavy atom. The molecule has 1 saturated heterocycles. The van der Waals surface area contributed by atoms with Gasteiger partial charge in [-0.15, -0.1) is 0 Å². The number of carbonyl (C=O) groups is 1. The van der Waals surface area contributed by atoms with Gasteiger partial charge in [-0.2, -0.15) is 0 Å². The number of hydrogen-bond acceptors (Lipinski definition) is 6. The molecule has 4 rings (SSSR count). The Hall–Kier alpha value is -1.41. The SMILES string of the molecule is CCC[C@H](NC(=O)C1CCCO1)[C@H](O)CN[C@H]1CC2(CCC2)Oc2c1cc(CC(C)(C)C)nc2Cl. The number of nitrogens with one attached hydrogen (secondary N) is 2. The van der Waals surface area contributed by atoms with Gasteiger partial charge in [0.2, 0.25) is 5.91 Å². The molecule has 2 fully saturated rings. The van der Waals surface area contributed by atoms with Gasteiger partial charge in [0.05, 0.1) is 12.1 Å². The van der Waals surface area contributed by atoms with Crippen LogP contribution in [0.2, 0.25) is 5.15 Å². The number of nitrogens with zero attached hydrogens (tertiary/aromatic N) is 1. The van der Waals surface area contributed by atoms with Crippen LogP contribution in [0, 0.1) is 5.41 Å². The standard InChI is InChI=1S/C27H42ClN3O4/c1-5-8-19(31-25(33)22-9-6-12-34-22)21(32)16-29-20-15-27(10-7-11-27)35-23-18(20)13-17(30-24(23)28)14-26(2,3)4/h13,19-22,29,32H,5-12,14-16H2,1-4H3,(H,31,33)/t19-,20-,21+,22?/m0/s1. The Labute approximate surface area is 214 Å². The summed E-state index contributed by atoms with van der Waals surface area (Å²) in [6.07, 6.45) is 6.91. The molecule has 1 saturated carbocycles. The van der Waals surface area contributed by atoms with Gasteiger partial charge >= 0.3 is 0 Å². The van der Waals surface area contributed by atoms with Crippen LogP contribution >= 0.6 is 11.6 Å². The fourth-order valence-electron chi connectivity index (χ4n) is 5.50. The summed E-state index contributed by atoms with van der Waals surface area (Å²) in [6.45, 7) is 9.61. The van der Waals surface area contributed by atoms with Crippen LogP contribution < -0.4 is 15.4 Å². The summed E-state index contributed by atoms with van der Waals surface area (Å²) < 4.78 is 12.0. The largest absolute Gasteiger partial charge is 0.484 e. The molecule has 2 aliphatic heterocycles. The van der Waals surface area contributed by atoms with Crippen LogP contribution in [0.3, 0.4) is 0 Å². The van der Waals surface area contributed by atoms with Gasteiger partial charge in [-0.25, -0.2) is 4.98 Å². The van der Waals surface area contributed by atoms with Gasteiger partial charge < -0.3 is 25.2 Å². The third-order valence-electron chi connectivity index (χ3n) is 7.45. The number of aliphatic hydroxyl groups is 1. The van der Waals surface area contributed by atoms with E-state index in [0.29, 0.717) is 30.5 Å². The summed E-state index contributed by atoms with van der Waals surface area (Å²) in [7, 11) is 0. The van der Waals surface area contributed by atoms with E-state index in [2.05, 4.69) is 49.4 Å². The molecule has 7 nitrogen and oxygen atoms in total. The fourth-order valence-corrected chi connectivity index (χ4v) is 5.76. The zero-order valence-corrected chi connectivity index (χ0v) is 22.4. The molecular formula is C27H42ClN3O4. The Kier molecular flexibility index (Phi) is 8.31. The van der Waals surface area contributed by atoms with Gasteiger partial charge in [0, 0.05) is 36.9 Å². The zero-order chi connectivity index (χ0) is 25.2. The molecule has 1 aromatic rings. The van der Waals surface area contributed by atoms with E-state index >= 15 is 0 Å². The molecule has 4 atom stereocenters. The first-order valence-corrected chi connectivity index (χ1v) is 13.7. The van der Waals surface area contributed by atoms with Gasteiger partial charge in [0.25, 0.3) is 0 Å². The second-order valence-corrected chi connectivity index (χ2v) is 12.2. The van der Waals surface area contributed by atoms with E-state index in [9.17, 15) is 9.90 Å². The minimum Gasteiger partial charge on any atom is -0.484 e. The molecule has 3 N–H and O–H groups in total. The maximum absolute atomic E-state index is 12.6. The third-order valence-corrected chi connectivity index (χ3v) is 7.70. The van der Waals surface area contributed by atoms with Crippen molar-refractivity contribution < 1.29 is 19.4 Å². The topological polar surface area (TPSA) is 92.7 Å². The highest BCUT2D eigenvalue weighted by Crippen LogP contribution is 2.51. The lowest BCUT2D eigenvalue weighted by Crippen LogP contribution is -2.52. The van der Waals surface area contributed by atoms with Gasteiger partial charge in [0.1, 0.15) is 11.7 Å². The molecule has 0 radical (unpaired) electrons. The highest BCUT2D eigenvalue weighted by molar-refractivity contribution is 6.31. The average molecular weight is 508 g/mol. The first kappa shape index (κ1) is 26.6. The van der Waals surface area contributed by atoms with Crippen molar-refractivity contribution in [3.8, 4) is 5.75 Å². The second kappa shape index (κ2) is 10.9. The van der Waals surface area contributed by atoms with E-state index in [0.717, 1.165) is 62.6 Å². The third kappa shape index (κ3) is 6.48. The van der Waals surface area contributed by atoms with Crippen molar-refractivity contribution in [2.24, 2.45) is 5.41 Å². The van der Waals surface area contributed by atoms with E-state index in [1.54, 1.807) is 0 Å². The predicted octanol–water partition coefficient (Wildman–Crippen LogP) is 4.48. The summed E-state index contributed by atoms with van der Waals surface area (Å²) in [5, 5.41) is 18.2. The lowest BCUT2D eigenvalue weighted by atomic mass is 9.73. The molecule has 196 valence electrons. The van der Waals surface area contributed by atoms with Crippen molar-refractivity contribution in [2.45, 2.75) is 115 Å². The predicted molar refractivity (Wildman–Crippen MR) is 137 cm³/mol. The quantitative estimate of drug-likeness (QED) is 0.427. The highest BCUT2D eigenvalue weighted by Gasteiger charge is 2.46. The molecule has 0 bridgehead atoms. The van der Waals surface area contributed by atoms with Crippen LogP contribution in [0.25, 0.3) is 0 Å². The van der Waals surface area contributed by atoms with E-state index in [1.807, 2.05) is 0 Å². The van der Waals surface area contributed by atoms with Gasteiger partial charge in [-0.3, -0.25) is 4.79 Å². The van der Waals surface area contributed by atoms with Crippen molar-refractivity contribution in [1.29, 1.82) is 0 Å². The van der Waals surface area contributed by atoms with Crippen LogP contribution in [0.1, 0.15) is 96.4 Å². The van der Waals surface area contributed by atoms with Crippen LogP contribution in [0.5, 0.6) is 5.75 Å². The number of amides is 1. The number of fused-ring (bicyclic) bond motifs is 1. The number of aromatic nitrogens is 1. The summed E-state index contributed by atoms with van der Waals surface area (Å²) in [5.41, 5.74) is 1.85. The maximum Gasteiger partial charge on any atom is 0.249 e. The minimum atomic E-state index is -0.713. The monoisotopic (exact) mass is 507 g/mol. The lowest BCUT2D eigenvalue weighted by molar-refractivity contribution is -0.131. The van der Waals surface area contributed by atoms with E-state index in [-0.39, 0.29) is 29.0 Å². The Balaban J connectivity index is 1.48. The van der Waals surface area contributed by atoms with E-state index < -0.39 is 12.2 Å². The fraction of sp³-hybridized carbons (Fsp3) is 0.778. The van der Waals surface area contributed by atoms with E-state index in [1.165, 1.54) is 0 Å². The summed E-state index contributed by atoms with van der Waals surface area (Å²) >= 11 is 6.65. The maximum atomic E-state index is 12.6. The molecule has 3 aliphatic rings. The van der Waals surface area contributed by atoms with Crippen LogP contribution in [0.4, 0.5) is 0 Å². The molecular weight excluding hydrogens is 466 g/mol. The molecule has 1 spiro atoms. The number of pyridine rings is 1. The lowest BCUT2D eigenvalue weighted by Gasteiger charge is -2.48. The van der Waals surface area contributed by atoms with Crippen molar-refractivity contribution in [3.05, 3.63) is 22.5 Å². The van der Waals surface area contributed by atoms with Crippen LogP contribution in [-0.2, 0) is 16.0 Å². The van der Waals surface area contributed by atoms with Crippen LogP contribution in [-0.4, -0.2) is 53.0 Å². The number of ether oxygens (including phenoxy) is 2. The highest BCUT2D eigenvalue weighted by atomic mass is 35.5. The zero-order valence-electron chi connectivity index (χ0n) is 21.7. The molecule has 0 aromatic carbocycles. The number of hydrogen-bond donors (Lipinski definition) is 3. The Morgan fingerprint density at radius 1 is 1.34 bits per heavy atom. The number of halogens is 1. The molecule has 8 heteroatoms. The summed E-state index contributed by atoms with van der Waals surface area (Å²) in [4.78, 5) is 17.3. The Morgan fingerprint density at radius 3 is 2.71 bits per heavy atom. The smallest absolute Gasteiger partial charge is 0.249 e. The first-order valence-electron chi connectivity index (χ1n) is 13.3. The van der Waals surface area contributed by atoms with Gasteiger partial charge in [-0.1, -0.05) is 45.7 Å². The number of aliphatic hydroxyl groups excluding tert-OH is 1. The normalized spacial score (nSPS) is 24.9. The van der Waals surface area contributed by atoms with Crippen LogP contribution in [0.15, 0.2) is 6.07 Å². The van der Waals surface area contributed by atoms with Crippen molar-refractivity contribution in [3.63, 3.8) is 0 Å². The number of carbonyl (C=O) groups excluding carboxylic acids is 1. The van der Waals surface area contributed by atoms with Gasteiger partial charge in [-0.05, 0) is 56.4 Å². The van der Waals surface area contributed by atoms with E-state index in [4.69, 9.17) is 21.1 Å². The van der Waals surface area contributed by atoms with Crippen molar-refractivity contribution >= 4 is 17.5 Å². The molecule has 1 unspecified atom stereocenters. The summed E-state index contributed by atoms with van der Waals surface area (Å²) in [5.74, 6) is 0.563. The molecule has 1 amide bonds. The van der Waals surface area contributed by atoms with Crippen molar-refractivity contribution in [1.82, 2.24) is 15.6 Å². The summed E-state index contributed by atoms with van der Waals surface area (Å²) in [6, 6.07) is 1.80. The Bertz CT molecular complexity index is 893. The molecule has 1 aromatic heterocycles. The molecule has 1 aliphatic carbocycles. The minimum absolute atomic E-state index is 0.00376.